The minimum absolute atomic E-state index is 0.212. The molecule has 0 aliphatic rings. The van der Waals surface area contributed by atoms with Crippen molar-refractivity contribution in [3.05, 3.63) is 0 Å². The molecule has 0 aliphatic carbocycles. The van der Waals surface area contributed by atoms with Crippen molar-refractivity contribution in [1.29, 1.82) is 5.26 Å². The Bertz CT molecular complexity index is 134. The molecular formula is C7H12ClNS. The van der Waals surface area contributed by atoms with Gasteiger partial charge in [0, 0.05) is 10.5 Å². The normalized spacial score (nSPS) is 14.3. The molecule has 0 aromatic rings. The zero-order chi connectivity index (χ0) is 8.20. The highest BCUT2D eigenvalue weighted by molar-refractivity contribution is 8.00. The molecule has 58 valence electrons. The summed E-state index contributed by atoms with van der Waals surface area (Å²) in [5.41, 5.74) is 0. The number of hydrogen-bond donors (Lipinski definition) is 0. The van der Waals surface area contributed by atoms with Gasteiger partial charge in [-0.1, -0.05) is 20.8 Å². The second-order valence-corrected chi connectivity index (χ2v) is 5.39. The summed E-state index contributed by atoms with van der Waals surface area (Å²) in [6.45, 7) is 6.33. The summed E-state index contributed by atoms with van der Waals surface area (Å²) in [6.07, 6.45) is 0. The molecule has 0 saturated carbocycles. The van der Waals surface area contributed by atoms with E-state index < -0.39 is 0 Å². The first kappa shape index (κ1) is 10.1. The van der Waals surface area contributed by atoms with Crippen molar-refractivity contribution in [3.63, 3.8) is 0 Å². The van der Waals surface area contributed by atoms with Gasteiger partial charge in [0.25, 0.3) is 0 Å². The number of nitrogens with zero attached hydrogens (tertiary/aromatic N) is 1. The molecule has 0 radical (unpaired) electrons. The second-order valence-electron chi connectivity index (χ2n) is 3.02. The summed E-state index contributed by atoms with van der Waals surface area (Å²) >= 11 is 7.30. The van der Waals surface area contributed by atoms with Gasteiger partial charge in [-0.3, -0.25) is 0 Å². The van der Waals surface area contributed by atoms with E-state index >= 15 is 0 Å². The number of halogens is 1. The summed E-state index contributed by atoms with van der Waals surface area (Å²) in [6, 6.07) is 1.98. The molecule has 0 bridgehead atoms. The first-order chi connectivity index (χ1) is 4.45. The van der Waals surface area contributed by atoms with Crippen molar-refractivity contribution in [2.45, 2.75) is 30.9 Å². The number of hydrogen-bond acceptors (Lipinski definition) is 2. The van der Waals surface area contributed by atoms with Crippen LogP contribution in [0.25, 0.3) is 0 Å². The van der Waals surface area contributed by atoms with Crippen molar-refractivity contribution >= 4 is 23.4 Å². The Morgan fingerprint density at radius 3 is 2.40 bits per heavy atom. The van der Waals surface area contributed by atoms with Gasteiger partial charge >= 0.3 is 0 Å². The fourth-order valence-corrected chi connectivity index (χ4v) is 1.27. The molecule has 0 saturated heterocycles. The minimum Gasteiger partial charge on any atom is -0.197 e. The first-order valence-corrected chi connectivity index (χ1v) is 4.55. The van der Waals surface area contributed by atoms with Gasteiger partial charge in [0.05, 0.1) is 6.07 Å². The molecule has 1 nitrogen and oxygen atoms in total. The van der Waals surface area contributed by atoms with Crippen LogP contribution in [0.5, 0.6) is 0 Å². The van der Waals surface area contributed by atoms with E-state index in [1.54, 1.807) is 11.8 Å². The summed E-state index contributed by atoms with van der Waals surface area (Å²) in [7, 11) is 0. The average molecular weight is 178 g/mol. The molecule has 0 aromatic carbocycles. The zero-order valence-electron chi connectivity index (χ0n) is 6.52. The third-order valence-electron chi connectivity index (χ3n) is 0.803. The van der Waals surface area contributed by atoms with E-state index in [4.69, 9.17) is 16.9 Å². The molecule has 3 heteroatoms. The molecule has 0 heterocycles. The standard InChI is InChI=1S/C7H12ClNS/c1-7(2,3)10-5-6(8)4-9/h6H,5H2,1-3H3. The SMILES string of the molecule is CC(C)(C)SCC(Cl)C#N. The summed E-state index contributed by atoms with van der Waals surface area (Å²) in [5.74, 6) is 0.710. The Hall–Kier alpha value is 0.130. The van der Waals surface area contributed by atoms with Crippen LogP contribution in [0.15, 0.2) is 0 Å². The molecule has 0 aromatic heterocycles. The third-order valence-corrected chi connectivity index (χ3v) is 2.60. The second kappa shape index (κ2) is 4.10. The van der Waals surface area contributed by atoms with E-state index in [9.17, 15) is 0 Å². The zero-order valence-corrected chi connectivity index (χ0v) is 8.09. The molecule has 0 rings (SSSR count). The Kier molecular flexibility index (Phi) is 4.15. The Morgan fingerprint density at radius 2 is 2.10 bits per heavy atom. The Labute approximate surface area is 71.7 Å². The molecule has 10 heavy (non-hydrogen) atoms. The maximum atomic E-state index is 8.34. The molecule has 0 aliphatic heterocycles. The van der Waals surface area contributed by atoms with E-state index in [1.165, 1.54) is 0 Å². The van der Waals surface area contributed by atoms with Crippen LogP contribution in [-0.2, 0) is 0 Å². The molecule has 0 amide bonds. The highest BCUT2D eigenvalue weighted by Crippen LogP contribution is 2.24. The molecule has 1 unspecified atom stereocenters. The highest BCUT2D eigenvalue weighted by Gasteiger charge is 2.12. The van der Waals surface area contributed by atoms with Gasteiger partial charge in [0.1, 0.15) is 5.38 Å². The van der Waals surface area contributed by atoms with Gasteiger partial charge < -0.3 is 0 Å². The Balaban J connectivity index is 3.48. The number of thioether (sulfide) groups is 1. The Morgan fingerprint density at radius 1 is 1.60 bits per heavy atom. The summed E-state index contributed by atoms with van der Waals surface area (Å²) in [4.78, 5) is 0. The van der Waals surface area contributed by atoms with Crippen molar-refractivity contribution in [2.75, 3.05) is 5.75 Å². The van der Waals surface area contributed by atoms with Crippen molar-refractivity contribution < 1.29 is 0 Å². The van der Waals surface area contributed by atoms with E-state index in [0.717, 1.165) is 0 Å². The predicted molar refractivity (Wildman–Crippen MR) is 47.5 cm³/mol. The lowest BCUT2D eigenvalue weighted by Crippen LogP contribution is -2.11. The van der Waals surface area contributed by atoms with E-state index in [-0.39, 0.29) is 10.1 Å². The van der Waals surface area contributed by atoms with Crippen molar-refractivity contribution in [2.24, 2.45) is 0 Å². The van der Waals surface area contributed by atoms with Crippen molar-refractivity contribution in [3.8, 4) is 6.07 Å². The van der Waals surface area contributed by atoms with Crippen LogP contribution < -0.4 is 0 Å². The van der Waals surface area contributed by atoms with Crippen LogP contribution in [0.4, 0.5) is 0 Å². The van der Waals surface area contributed by atoms with Crippen LogP contribution in [0.1, 0.15) is 20.8 Å². The maximum absolute atomic E-state index is 8.34. The fraction of sp³-hybridized carbons (Fsp3) is 0.857. The number of nitriles is 1. The lowest BCUT2D eigenvalue weighted by atomic mass is 10.3. The third kappa shape index (κ3) is 6.25. The lowest BCUT2D eigenvalue weighted by Gasteiger charge is -2.17. The van der Waals surface area contributed by atoms with E-state index in [0.29, 0.717) is 5.75 Å². The quantitative estimate of drug-likeness (QED) is 0.606. The fourth-order valence-electron chi connectivity index (χ4n) is 0.360. The number of rotatable bonds is 2. The predicted octanol–water partition coefficient (Wildman–Crippen LogP) is 2.65. The van der Waals surface area contributed by atoms with Crippen LogP contribution >= 0.6 is 23.4 Å². The smallest absolute Gasteiger partial charge is 0.129 e. The maximum Gasteiger partial charge on any atom is 0.129 e. The van der Waals surface area contributed by atoms with Crippen LogP contribution in [0.2, 0.25) is 0 Å². The van der Waals surface area contributed by atoms with Gasteiger partial charge in [-0.25, -0.2) is 0 Å². The lowest BCUT2D eigenvalue weighted by molar-refractivity contribution is 0.802. The average Bonchev–Trinajstić information content (AvgIpc) is 1.81. The summed E-state index contributed by atoms with van der Waals surface area (Å²) in [5, 5.41) is 7.99. The molecule has 1 atom stereocenters. The van der Waals surface area contributed by atoms with Gasteiger partial charge in [0.2, 0.25) is 0 Å². The van der Waals surface area contributed by atoms with Crippen LogP contribution in [0.3, 0.4) is 0 Å². The van der Waals surface area contributed by atoms with Crippen molar-refractivity contribution in [1.82, 2.24) is 0 Å². The molecular weight excluding hydrogens is 166 g/mol. The van der Waals surface area contributed by atoms with Crippen LogP contribution in [0, 0.1) is 11.3 Å². The molecule has 0 spiro atoms. The van der Waals surface area contributed by atoms with E-state index in [1.807, 2.05) is 6.07 Å². The van der Waals surface area contributed by atoms with Crippen LogP contribution in [-0.4, -0.2) is 15.9 Å². The molecule has 0 N–H and O–H groups in total. The summed E-state index contributed by atoms with van der Waals surface area (Å²) < 4.78 is 0.212. The van der Waals surface area contributed by atoms with Gasteiger partial charge in [-0.05, 0) is 0 Å². The monoisotopic (exact) mass is 177 g/mol. The van der Waals surface area contributed by atoms with Gasteiger partial charge in [0.15, 0.2) is 0 Å². The topological polar surface area (TPSA) is 23.8 Å². The highest BCUT2D eigenvalue weighted by atomic mass is 35.5. The van der Waals surface area contributed by atoms with Gasteiger partial charge in [-0.2, -0.15) is 17.0 Å². The largest absolute Gasteiger partial charge is 0.197 e. The molecule has 0 fully saturated rings. The first-order valence-electron chi connectivity index (χ1n) is 3.13. The minimum atomic E-state index is -0.343. The van der Waals surface area contributed by atoms with E-state index in [2.05, 4.69) is 20.8 Å². The van der Waals surface area contributed by atoms with Gasteiger partial charge in [-0.15, -0.1) is 11.6 Å². The number of alkyl halides is 1.